The van der Waals surface area contributed by atoms with Crippen LogP contribution in [0.4, 0.5) is 13.2 Å². The van der Waals surface area contributed by atoms with Crippen molar-refractivity contribution in [3.63, 3.8) is 0 Å². The SMILES string of the molecule is CCC(c1nc2sccc2c(=O)n1Cc1ccccc1)N(CCN(C)C)Cc1ccc(F)cc1F.CCC(c1nc2sccc2c(=O)n1Cc1ccccc1)N(CCN)Cc1ccc(F)cc1. The van der Waals surface area contributed by atoms with Crippen molar-refractivity contribution in [1.82, 2.24) is 33.8 Å². The zero-order valence-corrected chi connectivity index (χ0v) is 40.0. The van der Waals surface area contributed by atoms with E-state index in [0.29, 0.717) is 72.7 Å². The molecule has 4 heterocycles. The molecule has 2 atom stereocenters. The van der Waals surface area contributed by atoms with Gasteiger partial charge >= 0.3 is 0 Å². The molecule has 2 N–H and O–H groups in total. The smallest absolute Gasteiger partial charge is 0.262 e. The quantitative estimate of drug-likeness (QED) is 0.0855. The maximum absolute atomic E-state index is 14.6. The normalized spacial score (nSPS) is 12.6. The molecule has 0 saturated carbocycles. The number of halogens is 3. The molecule has 67 heavy (non-hydrogen) atoms. The molecule has 4 aromatic carbocycles. The number of fused-ring (bicyclic) bond motifs is 2. The highest BCUT2D eigenvalue weighted by Gasteiger charge is 2.28. The number of benzene rings is 4. The Morgan fingerprint density at radius 3 is 1.55 bits per heavy atom. The summed E-state index contributed by atoms with van der Waals surface area (Å²) >= 11 is 2.92. The zero-order valence-electron chi connectivity index (χ0n) is 38.3. The molecule has 8 rings (SSSR count). The first-order valence-electron chi connectivity index (χ1n) is 22.5. The Kier molecular flexibility index (Phi) is 17.1. The maximum atomic E-state index is 14.6. The Morgan fingerprint density at radius 2 is 1.09 bits per heavy atom. The molecule has 15 heteroatoms. The van der Waals surface area contributed by atoms with Gasteiger partial charge in [0.1, 0.15) is 38.8 Å². The van der Waals surface area contributed by atoms with Gasteiger partial charge in [-0.15, -0.1) is 22.7 Å². The van der Waals surface area contributed by atoms with E-state index < -0.39 is 11.6 Å². The van der Waals surface area contributed by atoms with E-state index in [2.05, 4.69) is 21.6 Å². The molecule has 0 radical (unpaired) electrons. The molecule has 0 amide bonds. The third kappa shape index (κ3) is 12.2. The highest BCUT2D eigenvalue weighted by molar-refractivity contribution is 7.17. The third-order valence-corrected chi connectivity index (χ3v) is 13.4. The van der Waals surface area contributed by atoms with Gasteiger partial charge in [-0.25, -0.2) is 23.1 Å². The number of aromatic nitrogens is 4. The lowest BCUT2D eigenvalue weighted by Gasteiger charge is -2.33. The van der Waals surface area contributed by atoms with Crippen LogP contribution >= 0.6 is 22.7 Å². The summed E-state index contributed by atoms with van der Waals surface area (Å²) in [5.41, 5.74) is 9.32. The fourth-order valence-corrected chi connectivity index (χ4v) is 9.88. The van der Waals surface area contributed by atoms with Crippen LogP contribution in [0, 0.1) is 17.5 Å². The first-order chi connectivity index (χ1) is 32.5. The van der Waals surface area contributed by atoms with Gasteiger partial charge in [-0.1, -0.05) is 92.7 Å². The van der Waals surface area contributed by atoms with Gasteiger partial charge in [0.25, 0.3) is 11.1 Å². The van der Waals surface area contributed by atoms with Crippen molar-refractivity contribution < 1.29 is 13.2 Å². The number of nitrogens with two attached hydrogens (primary N) is 1. The fraction of sp³-hybridized carbons (Fsp3) is 0.308. The Hall–Kier alpha value is -5.81. The highest BCUT2D eigenvalue weighted by atomic mass is 32.1. The number of thiophene rings is 2. The van der Waals surface area contributed by atoms with E-state index >= 15 is 0 Å². The molecule has 0 aliphatic carbocycles. The summed E-state index contributed by atoms with van der Waals surface area (Å²) < 4.78 is 45.1. The largest absolute Gasteiger partial charge is 0.329 e. The number of hydrogen-bond donors (Lipinski definition) is 1. The Bertz CT molecular complexity index is 2960. The van der Waals surface area contributed by atoms with Gasteiger partial charge in [0, 0.05) is 50.9 Å². The van der Waals surface area contributed by atoms with Crippen LogP contribution in [0.25, 0.3) is 20.4 Å². The van der Waals surface area contributed by atoms with Crippen molar-refractivity contribution in [1.29, 1.82) is 0 Å². The van der Waals surface area contributed by atoms with Gasteiger partial charge in [-0.2, -0.15) is 0 Å². The summed E-state index contributed by atoms with van der Waals surface area (Å²) in [6.07, 6.45) is 1.44. The molecule has 350 valence electrons. The minimum absolute atomic E-state index is 0.0250. The first-order valence-corrected chi connectivity index (χ1v) is 24.3. The summed E-state index contributed by atoms with van der Waals surface area (Å²) in [4.78, 5) is 44.8. The van der Waals surface area contributed by atoms with Gasteiger partial charge < -0.3 is 10.6 Å². The molecule has 8 aromatic rings. The van der Waals surface area contributed by atoms with Crippen LogP contribution in [0.1, 0.15) is 72.7 Å². The zero-order chi connectivity index (χ0) is 47.5. The van der Waals surface area contributed by atoms with Gasteiger partial charge in [-0.3, -0.25) is 28.5 Å². The van der Waals surface area contributed by atoms with E-state index in [-0.39, 0.29) is 35.6 Å². The van der Waals surface area contributed by atoms with Gasteiger partial charge in [0.05, 0.1) is 35.9 Å². The van der Waals surface area contributed by atoms with Crippen LogP contribution in [-0.4, -0.2) is 74.1 Å². The van der Waals surface area contributed by atoms with Crippen molar-refractivity contribution in [2.24, 2.45) is 5.73 Å². The Balaban J connectivity index is 0.000000200. The van der Waals surface area contributed by atoms with Crippen LogP contribution in [-0.2, 0) is 26.2 Å². The summed E-state index contributed by atoms with van der Waals surface area (Å²) in [5.74, 6) is -0.0187. The third-order valence-electron chi connectivity index (χ3n) is 11.8. The molecule has 0 spiro atoms. The molecular formula is C52H57F3N8O2S2. The van der Waals surface area contributed by atoms with Crippen LogP contribution in [0.2, 0.25) is 0 Å². The van der Waals surface area contributed by atoms with Crippen molar-refractivity contribution in [3.05, 3.63) is 198 Å². The molecule has 0 bridgehead atoms. The molecule has 4 aromatic heterocycles. The molecule has 0 fully saturated rings. The number of rotatable bonds is 19. The lowest BCUT2D eigenvalue weighted by atomic mass is 10.1. The summed E-state index contributed by atoms with van der Waals surface area (Å²) in [5, 5.41) is 5.05. The Morgan fingerprint density at radius 1 is 0.597 bits per heavy atom. The fourth-order valence-electron chi connectivity index (χ4n) is 8.36. The second-order valence-electron chi connectivity index (χ2n) is 16.7. The molecule has 10 nitrogen and oxygen atoms in total. The summed E-state index contributed by atoms with van der Waals surface area (Å²) in [6.45, 7) is 8.36. The molecule has 2 unspecified atom stereocenters. The second kappa shape index (κ2) is 23.3. The lowest BCUT2D eigenvalue weighted by molar-refractivity contribution is 0.154. The van der Waals surface area contributed by atoms with Crippen molar-refractivity contribution in [2.75, 3.05) is 40.3 Å². The molecule has 0 saturated heterocycles. The topological polar surface area (TPSA) is 106 Å². The van der Waals surface area contributed by atoms with Gasteiger partial charge in [0.15, 0.2) is 0 Å². The Labute approximate surface area is 397 Å². The van der Waals surface area contributed by atoms with Crippen molar-refractivity contribution >= 4 is 43.1 Å². The van der Waals surface area contributed by atoms with E-state index in [9.17, 15) is 22.8 Å². The van der Waals surface area contributed by atoms with Crippen LogP contribution in [0.5, 0.6) is 0 Å². The van der Waals surface area contributed by atoms with Crippen LogP contribution in [0.15, 0.2) is 136 Å². The minimum Gasteiger partial charge on any atom is -0.329 e. The summed E-state index contributed by atoms with van der Waals surface area (Å²) in [7, 11) is 3.97. The van der Waals surface area contributed by atoms with Crippen LogP contribution in [0.3, 0.4) is 0 Å². The highest BCUT2D eigenvalue weighted by Crippen LogP contribution is 2.30. The lowest BCUT2D eigenvalue weighted by Crippen LogP contribution is -2.38. The minimum atomic E-state index is -0.598. The first kappa shape index (κ1) is 49.1. The summed E-state index contributed by atoms with van der Waals surface area (Å²) in [6, 6.07) is 33.3. The standard InChI is InChI=1S/C27H30F2N4OS.C25H27FN4OS/c1-4-24(32(14-13-31(2)3)18-20-10-11-21(28)16-23(20)29)25-30-26-22(12-15-35-26)27(34)33(25)17-19-8-6-5-7-9-19;1-2-22(29(14-13-27)16-19-8-10-20(26)11-9-19)23-28-24-21(12-15-32-24)25(31)30(23)17-18-6-4-3-5-7-18/h5-12,15-16,24H,4,13-14,17-18H2,1-3H3;3-12,15,22H,2,13-14,16-17,27H2,1H3. The van der Waals surface area contributed by atoms with Gasteiger partial charge in [-0.05, 0) is 84.7 Å². The number of hydrogen-bond acceptors (Lipinski definition) is 10. The number of nitrogens with zero attached hydrogens (tertiary/aromatic N) is 7. The van der Waals surface area contributed by atoms with E-state index in [0.717, 1.165) is 46.4 Å². The molecular weight excluding hydrogens is 890 g/mol. The van der Waals surface area contributed by atoms with E-state index in [1.54, 1.807) is 21.3 Å². The predicted molar refractivity (Wildman–Crippen MR) is 266 cm³/mol. The van der Waals surface area contributed by atoms with Gasteiger partial charge in [0.2, 0.25) is 0 Å². The maximum Gasteiger partial charge on any atom is 0.262 e. The van der Waals surface area contributed by atoms with Crippen molar-refractivity contribution in [2.45, 2.75) is 65.0 Å². The average Bonchev–Trinajstić information content (AvgIpc) is 4.01. The molecule has 0 aliphatic heterocycles. The van der Waals surface area contributed by atoms with E-state index in [1.165, 1.54) is 46.9 Å². The average molecular weight is 947 g/mol. The second-order valence-corrected chi connectivity index (χ2v) is 18.5. The van der Waals surface area contributed by atoms with Crippen LogP contribution < -0.4 is 16.9 Å². The van der Waals surface area contributed by atoms with E-state index in [1.807, 2.05) is 105 Å². The number of likely N-dealkylation sites (N-methyl/N-ethyl adjacent to an activating group) is 1. The predicted octanol–water partition coefficient (Wildman–Crippen LogP) is 9.86. The van der Waals surface area contributed by atoms with E-state index in [4.69, 9.17) is 15.7 Å². The monoisotopic (exact) mass is 946 g/mol. The van der Waals surface area contributed by atoms with Crippen molar-refractivity contribution in [3.8, 4) is 0 Å². The molecule has 0 aliphatic rings.